The van der Waals surface area contributed by atoms with Crippen LogP contribution in [0.1, 0.15) is 43.7 Å². The maximum absolute atomic E-state index is 8.18. The molecule has 0 heterocycles. The van der Waals surface area contributed by atoms with Crippen LogP contribution in [0.25, 0.3) is 6.08 Å². The molecule has 122 valence electrons. The molecule has 0 amide bonds. The van der Waals surface area contributed by atoms with E-state index in [2.05, 4.69) is 56.5 Å². The molecule has 3 rings (SSSR count). The molecular formula is C23H25N. The van der Waals surface area contributed by atoms with E-state index in [1.165, 1.54) is 27.8 Å². The molecule has 0 bridgehead atoms. The fraction of sp³-hybridized carbons (Fsp3) is 0.261. The van der Waals surface area contributed by atoms with Gasteiger partial charge in [-0.1, -0.05) is 73.7 Å². The Hall–Kier alpha value is -2.41. The van der Waals surface area contributed by atoms with Crippen LogP contribution in [0.3, 0.4) is 0 Å². The van der Waals surface area contributed by atoms with Crippen LogP contribution >= 0.6 is 0 Å². The highest BCUT2D eigenvalue weighted by atomic mass is 14.5. The van der Waals surface area contributed by atoms with E-state index in [1.807, 2.05) is 19.1 Å². The maximum atomic E-state index is 8.18. The van der Waals surface area contributed by atoms with Gasteiger partial charge in [-0.3, -0.25) is 0 Å². The number of fused-ring (bicyclic) bond motifs is 1. The molecule has 24 heavy (non-hydrogen) atoms. The second-order valence-electron chi connectivity index (χ2n) is 6.60. The summed E-state index contributed by atoms with van der Waals surface area (Å²) in [5.74, 6) is 0.638. The molecule has 0 radical (unpaired) electrons. The van der Waals surface area contributed by atoms with E-state index in [9.17, 15) is 0 Å². The minimum Gasteiger partial charge on any atom is -0.301 e. The first-order chi connectivity index (χ1) is 11.6. The van der Waals surface area contributed by atoms with Crippen molar-refractivity contribution in [3.63, 3.8) is 0 Å². The highest BCUT2D eigenvalue weighted by Crippen LogP contribution is 2.49. The van der Waals surface area contributed by atoms with E-state index in [4.69, 9.17) is 5.41 Å². The fourth-order valence-electron chi connectivity index (χ4n) is 4.10. The third-order valence-electron chi connectivity index (χ3n) is 5.33. The fourth-order valence-corrected chi connectivity index (χ4v) is 4.10. The van der Waals surface area contributed by atoms with Crippen molar-refractivity contribution in [3.8, 4) is 0 Å². The standard InChI is InChI=1S/C23H25N/c1-5-16-10-8-9-11-20(16)23-19(7-3)17(6-2)13-18-14-22(24)15(4)12-21(18)23/h5-6,8-12,14,21,23-24H,1-2,7,13H2,3-4H3. The van der Waals surface area contributed by atoms with E-state index in [-0.39, 0.29) is 0 Å². The lowest BCUT2D eigenvalue weighted by Gasteiger charge is -2.38. The zero-order chi connectivity index (χ0) is 17.3. The van der Waals surface area contributed by atoms with Crippen molar-refractivity contribution in [3.05, 3.63) is 89.1 Å². The van der Waals surface area contributed by atoms with Crippen LogP contribution in [-0.2, 0) is 0 Å². The molecular weight excluding hydrogens is 290 g/mol. The molecule has 2 atom stereocenters. The highest BCUT2D eigenvalue weighted by Gasteiger charge is 2.35. The summed E-state index contributed by atoms with van der Waals surface area (Å²) in [7, 11) is 0. The van der Waals surface area contributed by atoms with Crippen molar-refractivity contribution in [2.75, 3.05) is 0 Å². The summed E-state index contributed by atoms with van der Waals surface area (Å²) < 4.78 is 0. The number of hydrogen-bond donors (Lipinski definition) is 1. The van der Waals surface area contributed by atoms with E-state index >= 15 is 0 Å². The van der Waals surface area contributed by atoms with Gasteiger partial charge in [-0.2, -0.15) is 0 Å². The van der Waals surface area contributed by atoms with Crippen molar-refractivity contribution < 1.29 is 0 Å². The van der Waals surface area contributed by atoms with Gasteiger partial charge in [0.2, 0.25) is 0 Å². The summed E-state index contributed by atoms with van der Waals surface area (Å²) in [6.07, 6.45) is 10.3. The molecule has 1 N–H and O–H groups in total. The Morgan fingerprint density at radius 1 is 1.21 bits per heavy atom. The first kappa shape index (κ1) is 16.4. The number of hydrogen-bond acceptors (Lipinski definition) is 1. The molecule has 2 aliphatic carbocycles. The van der Waals surface area contributed by atoms with Crippen molar-refractivity contribution in [1.29, 1.82) is 5.41 Å². The zero-order valence-corrected chi connectivity index (χ0v) is 14.6. The lowest BCUT2D eigenvalue weighted by Crippen LogP contribution is -2.26. The summed E-state index contributed by atoms with van der Waals surface area (Å²) >= 11 is 0. The molecule has 0 aliphatic heterocycles. The van der Waals surface area contributed by atoms with Crippen molar-refractivity contribution in [2.24, 2.45) is 5.92 Å². The molecule has 1 nitrogen and oxygen atoms in total. The Kier molecular flexibility index (Phi) is 4.53. The number of nitrogens with one attached hydrogen (secondary N) is 1. The van der Waals surface area contributed by atoms with Crippen LogP contribution in [0.2, 0.25) is 0 Å². The van der Waals surface area contributed by atoms with Gasteiger partial charge in [-0.05, 0) is 48.1 Å². The van der Waals surface area contributed by atoms with Crippen molar-refractivity contribution >= 4 is 11.8 Å². The molecule has 0 aromatic heterocycles. The summed E-state index contributed by atoms with van der Waals surface area (Å²) in [5, 5.41) is 8.18. The average molecular weight is 315 g/mol. The number of benzene rings is 1. The minimum atomic E-state index is 0.306. The van der Waals surface area contributed by atoms with Crippen LogP contribution in [0.15, 0.2) is 77.9 Å². The van der Waals surface area contributed by atoms with Crippen molar-refractivity contribution in [1.82, 2.24) is 0 Å². The first-order valence-electron chi connectivity index (χ1n) is 8.64. The SMILES string of the molecule is C=CC1=C(CC)C(c2ccccc2C=C)C2C=C(C)C(=N)C=C2C1. The van der Waals surface area contributed by atoms with Gasteiger partial charge in [0.25, 0.3) is 0 Å². The Morgan fingerprint density at radius 2 is 1.96 bits per heavy atom. The molecule has 1 aromatic rings. The van der Waals surface area contributed by atoms with Gasteiger partial charge in [-0.15, -0.1) is 0 Å². The number of allylic oxidation sites excluding steroid dienone is 7. The molecule has 0 fully saturated rings. The van der Waals surface area contributed by atoms with Gasteiger partial charge in [0.05, 0.1) is 5.71 Å². The zero-order valence-electron chi connectivity index (χ0n) is 14.6. The van der Waals surface area contributed by atoms with Crippen LogP contribution in [0.5, 0.6) is 0 Å². The van der Waals surface area contributed by atoms with Gasteiger partial charge in [0.1, 0.15) is 0 Å². The Bertz CT molecular complexity index is 801. The third kappa shape index (κ3) is 2.65. The quantitative estimate of drug-likeness (QED) is 0.681. The predicted octanol–water partition coefficient (Wildman–Crippen LogP) is 6.23. The van der Waals surface area contributed by atoms with E-state index in [0.717, 1.165) is 18.4 Å². The van der Waals surface area contributed by atoms with Gasteiger partial charge in [0.15, 0.2) is 0 Å². The van der Waals surface area contributed by atoms with E-state index < -0.39 is 0 Å². The number of rotatable bonds is 4. The smallest absolute Gasteiger partial charge is 0.0565 e. The molecule has 1 heteroatoms. The normalized spacial score (nSPS) is 23.3. The monoisotopic (exact) mass is 315 g/mol. The van der Waals surface area contributed by atoms with Crippen LogP contribution in [0.4, 0.5) is 0 Å². The van der Waals surface area contributed by atoms with Gasteiger partial charge < -0.3 is 5.41 Å². The highest BCUT2D eigenvalue weighted by molar-refractivity contribution is 6.07. The lowest BCUT2D eigenvalue weighted by molar-refractivity contribution is 0.574. The Balaban J connectivity index is 2.25. The molecule has 0 saturated heterocycles. The van der Waals surface area contributed by atoms with Crippen LogP contribution < -0.4 is 0 Å². The molecule has 1 aromatic carbocycles. The second kappa shape index (κ2) is 6.60. The van der Waals surface area contributed by atoms with Crippen LogP contribution in [-0.4, -0.2) is 5.71 Å². The molecule has 0 saturated carbocycles. The van der Waals surface area contributed by atoms with E-state index in [0.29, 0.717) is 17.5 Å². The van der Waals surface area contributed by atoms with Gasteiger partial charge >= 0.3 is 0 Å². The molecule has 2 unspecified atom stereocenters. The molecule has 2 aliphatic rings. The van der Waals surface area contributed by atoms with E-state index in [1.54, 1.807) is 0 Å². The van der Waals surface area contributed by atoms with Crippen LogP contribution in [0, 0.1) is 11.3 Å². The largest absolute Gasteiger partial charge is 0.301 e. The summed E-state index contributed by atoms with van der Waals surface area (Å²) in [6, 6.07) is 8.55. The second-order valence-corrected chi connectivity index (χ2v) is 6.60. The Labute approximate surface area is 145 Å². The topological polar surface area (TPSA) is 23.9 Å². The lowest BCUT2D eigenvalue weighted by atomic mass is 9.65. The average Bonchev–Trinajstić information content (AvgIpc) is 2.61. The maximum Gasteiger partial charge on any atom is 0.0565 e. The Morgan fingerprint density at radius 3 is 2.62 bits per heavy atom. The summed E-state index contributed by atoms with van der Waals surface area (Å²) in [4.78, 5) is 0. The van der Waals surface area contributed by atoms with Gasteiger partial charge in [0, 0.05) is 11.8 Å². The van der Waals surface area contributed by atoms with Crippen molar-refractivity contribution in [2.45, 2.75) is 32.6 Å². The van der Waals surface area contributed by atoms with Gasteiger partial charge in [-0.25, -0.2) is 0 Å². The predicted molar refractivity (Wildman–Crippen MR) is 104 cm³/mol. The summed E-state index contributed by atoms with van der Waals surface area (Å²) in [6.45, 7) is 12.3. The first-order valence-corrected chi connectivity index (χ1v) is 8.64. The third-order valence-corrected chi connectivity index (χ3v) is 5.33. The minimum absolute atomic E-state index is 0.306. The summed E-state index contributed by atoms with van der Waals surface area (Å²) in [5.41, 5.74) is 8.37. The molecule has 0 spiro atoms.